The molecular formula is C33H21N5. The quantitative estimate of drug-likeness (QED) is 0.256. The van der Waals surface area contributed by atoms with Crippen molar-refractivity contribution in [3.63, 3.8) is 0 Å². The molecule has 5 nitrogen and oxygen atoms in total. The Balaban J connectivity index is 1.52. The molecule has 178 valence electrons. The number of benzene rings is 3. The van der Waals surface area contributed by atoms with Crippen molar-refractivity contribution in [3.8, 4) is 22.5 Å². The molecule has 8 rings (SSSR count). The molecule has 0 aliphatic carbocycles. The van der Waals surface area contributed by atoms with Crippen molar-refractivity contribution in [1.29, 1.82) is 0 Å². The van der Waals surface area contributed by atoms with E-state index in [2.05, 4.69) is 99.0 Å². The fraction of sp³-hybridized carbons (Fsp3) is 0. The molecule has 38 heavy (non-hydrogen) atoms. The number of hydrogen-bond acceptors (Lipinski definition) is 3. The zero-order valence-electron chi connectivity index (χ0n) is 20.4. The Kier molecular flexibility index (Phi) is 4.45. The SMILES string of the molecule is c1ccc(-n2c3ccccc3c3cnc4c5ncccc5n(-c5ccc(-c6ccncc6)cc5)c4c32)cc1. The Bertz CT molecular complexity index is 2110. The molecule has 0 amide bonds. The number of fused-ring (bicyclic) bond motifs is 7. The van der Waals surface area contributed by atoms with Crippen LogP contribution in [-0.4, -0.2) is 24.1 Å². The number of hydrogen-bond donors (Lipinski definition) is 0. The summed E-state index contributed by atoms with van der Waals surface area (Å²) in [5.41, 5.74) is 10.6. The van der Waals surface area contributed by atoms with Crippen molar-refractivity contribution >= 4 is 43.9 Å². The van der Waals surface area contributed by atoms with Gasteiger partial charge in [-0.25, -0.2) is 0 Å². The number of aromatic nitrogens is 5. The molecule has 5 heterocycles. The van der Waals surface area contributed by atoms with Gasteiger partial charge in [-0.15, -0.1) is 0 Å². The second kappa shape index (κ2) is 8.11. The first kappa shape index (κ1) is 20.9. The van der Waals surface area contributed by atoms with Crippen LogP contribution in [0.2, 0.25) is 0 Å². The van der Waals surface area contributed by atoms with E-state index < -0.39 is 0 Å². The number of pyridine rings is 3. The normalized spacial score (nSPS) is 11.7. The highest BCUT2D eigenvalue weighted by Gasteiger charge is 2.22. The lowest BCUT2D eigenvalue weighted by atomic mass is 10.1. The maximum absolute atomic E-state index is 5.00. The fourth-order valence-corrected chi connectivity index (χ4v) is 5.66. The van der Waals surface area contributed by atoms with Gasteiger partial charge >= 0.3 is 0 Å². The van der Waals surface area contributed by atoms with E-state index in [1.165, 1.54) is 5.39 Å². The Hall–Kier alpha value is -5.29. The molecule has 0 bridgehead atoms. The van der Waals surface area contributed by atoms with Gasteiger partial charge in [0, 0.05) is 46.9 Å². The Morgan fingerprint density at radius 3 is 1.97 bits per heavy atom. The van der Waals surface area contributed by atoms with E-state index in [4.69, 9.17) is 9.97 Å². The third-order valence-electron chi connectivity index (χ3n) is 7.31. The summed E-state index contributed by atoms with van der Waals surface area (Å²) >= 11 is 0. The van der Waals surface area contributed by atoms with Crippen LogP contribution in [0.5, 0.6) is 0 Å². The summed E-state index contributed by atoms with van der Waals surface area (Å²) in [5, 5.41) is 2.30. The predicted octanol–water partition coefficient (Wildman–Crippen LogP) is 7.73. The van der Waals surface area contributed by atoms with E-state index in [0.717, 1.165) is 61.0 Å². The molecule has 0 radical (unpaired) electrons. The summed E-state index contributed by atoms with van der Waals surface area (Å²) in [7, 11) is 0. The van der Waals surface area contributed by atoms with E-state index in [1.807, 2.05) is 43.0 Å². The van der Waals surface area contributed by atoms with Crippen LogP contribution < -0.4 is 0 Å². The van der Waals surface area contributed by atoms with Crippen LogP contribution in [0.1, 0.15) is 0 Å². The number of rotatable bonds is 3. The monoisotopic (exact) mass is 487 g/mol. The topological polar surface area (TPSA) is 48.5 Å². The van der Waals surface area contributed by atoms with Gasteiger partial charge in [0.2, 0.25) is 0 Å². The first-order valence-corrected chi connectivity index (χ1v) is 12.6. The molecule has 5 aromatic heterocycles. The highest BCUT2D eigenvalue weighted by atomic mass is 15.1. The molecule has 0 saturated carbocycles. The second-order valence-corrected chi connectivity index (χ2v) is 9.40. The minimum atomic E-state index is 0.895. The standard InChI is InChI=1S/C33H21N5/c1-2-7-24(8-3-1)37-28-10-5-4-9-26(28)27-21-36-31-30-29(11-6-18-35-30)38(33(31)32(27)37)25-14-12-22(13-15-25)23-16-19-34-20-17-23/h1-21H. The molecule has 3 aromatic carbocycles. The highest BCUT2D eigenvalue weighted by Crippen LogP contribution is 2.40. The van der Waals surface area contributed by atoms with Crippen LogP contribution in [0.3, 0.4) is 0 Å². The Morgan fingerprint density at radius 1 is 0.447 bits per heavy atom. The van der Waals surface area contributed by atoms with E-state index in [-0.39, 0.29) is 0 Å². The van der Waals surface area contributed by atoms with Crippen LogP contribution in [0, 0.1) is 0 Å². The summed E-state index contributed by atoms with van der Waals surface area (Å²) in [5.74, 6) is 0. The van der Waals surface area contributed by atoms with Crippen molar-refractivity contribution in [2.75, 3.05) is 0 Å². The molecule has 0 spiro atoms. The first-order valence-electron chi connectivity index (χ1n) is 12.6. The molecule has 0 unspecified atom stereocenters. The van der Waals surface area contributed by atoms with Gasteiger partial charge in [-0.05, 0) is 65.7 Å². The Morgan fingerprint density at radius 2 is 1.13 bits per heavy atom. The summed E-state index contributed by atoms with van der Waals surface area (Å²) in [4.78, 5) is 13.9. The lowest BCUT2D eigenvalue weighted by Crippen LogP contribution is -1.99. The van der Waals surface area contributed by atoms with Crippen LogP contribution in [-0.2, 0) is 0 Å². The van der Waals surface area contributed by atoms with Gasteiger partial charge < -0.3 is 9.13 Å². The van der Waals surface area contributed by atoms with Gasteiger partial charge in [-0.3, -0.25) is 15.0 Å². The fourth-order valence-electron chi connectivity index (χ4n) is 5.66. The lowest BCUT2D eigenvalue weighted by Gasteiger charge is -2.12. The molecule has 0 aliphatic rings. The lowest BCUT2D eigenvalue weighted by molar-refractivity contribution is 1.14. The van der Waals surface area contributed by atoms with Gasteiger partial charge in [0.15, 0.2) is 0 Å². The van der Waals surface area contributed by atoms with Crippen molar-refractivity contribution in [3.05, 3.63) is 128 Å². The molecule has 0 saturated heterocycles. The summed E-state index contributed by atoms with van der Waals surface area (Å²) in [6, 6.07) is 36.0. The number of para-hydroxylation sites is 2. The first-order chi connectivity index (χ1) is 18.9. The van der Waals surface area contributed by atoms with Gasteiger partial charge in [0.05, 0.1) is 22.1 Å². The van der Waals surface area contributed by atoms with Crippen molar-refractivity contribution in [1.82, 2.24) is 24.1 Å². The second-order valence-electron chi connectivity index (χ2n) is 9.40. The van der Waals surface area contributed by atoms with E-state index >= 15 is 0 Å². The molecule has 0 N–H and O–H groups in total. The molecule has 0 atom stereocenters. The predicted molar refractivity (Wildman–Crippen MR) is 154 cm³/mol. The average Bonchev–Trinajstić information content (AvgIpc) is 3.51. The van der Waals surface area contributed by atoms with Gasteiger partial charge in [-0.2, -0.15) is 0 Å². The van der Waals surface area contributed by atoms with Crippen LogP contribution in [0.15, 0.2) is 128 Å². The van der Waals surface area contributed by atoms with Crippen LogP contribution in [0.25, 0.3) is 66.4 Å². The van der Waals surface area contributed by atoms with Gasteiger partial charge in [0.1, 0.15) is 11.0 Å². The van der Waals surface area contributed by atoms with E-state index in [9.17, 15) is 0 Å². The van der Waals surface area contributed by atoms with Gasteiger partial charge in [0.25, 0.3) is 0 Å². The van der Waals surface area contributed by atoms with Crippen LogP contribution >= 0.6 is 0 Å². The Labute approximate surface area is 218 Å². The molecule has 8 aromatic rings. The summed E-state index contributed by atoms with van der Waals surface area (Å²) in [6.45, 7) is 0. The molecule has 0 aliphatic heterocycles. The van der Waals surface area contributed by atoms with Crippen molar-refractivity contribution in [2.45, 2.75) is 0 Å². The smallest absolute Gasteiger partial charge is 0.117 e. The third-order valence-corrected chi connectivity index (χ3v) is 7.31. The van der Waals surface area contributed by atoms with Crippen LogP contribution in [0.4, 0.5) is 0 Å². The molecular weight excluding hydrogens is 466 g/mol. The summed E-state index contributed by atoms with van der Waals surface area (Å²) in [6.07, 6.45) is 7.50. The average molecular weight is 488 g/mol. The zero-order chi connectivity index (χ0) is 25.1. The van der Waals surface area contributed by atoms with Crippen molar-refractivity contribution < 1.29 is 0 Å². The largest absolute Gasteiger partial charge is 0.307 e. The van der Waals surface area contributed by atoms with Crippen molar-refractivity contribution in [2.24, 2.45) is 0 Å². The van der Waals surface area contributed by atoms with Gasteiger partial charge in [-0.1, -0.05) is 48.5 Å². The maximum atomic E-state index is 5.00. The zero-order valence-corrected chi connectivity index (χ0v) is 20.4. The number of nitrogens with zero attached hydrogens (tertiary/aromatic N) is 5. The molecule has 5 heteroatoms. The van der Waals surface area contributed by atoms with E-state index in [1.54, 1.807) is 0 Å². The minimum Gasteiger partial charge on any atom is -0.307 e. The minimum absolute atomic E-state index is 0.895. The summed E-state index contributed by atoms with van der Waals surface area (Å²) < 4.78 is 4.66. The third kappa shape index (κ3) is 2.96. The molecule has 0 fully saturated rings. The van der Waals surface area contributed by atoms with E-state index in [0.29, 0.717) is 0 Å². The maximum Gasteiger partial charge on any atom is 0.117 e. The highest BCUT2D eigenvalue weighted by molar-refractivity contribution is 6.21.